The smallest absolute Gasteiger partial charge is 0.136 e. The molecule has 1 aromatic heterocycles. The van der Waals surface area contributed by atoms with Gasteiger partial charge < -0.3 is 15.1 Å². The van der Waals surface area contributed by atoms with E-state index in [9.17, 15) is 0 Å². The van der Waals surface area contributed by atoms with Crippen molar-refractivity contribution in [2.45, 2.75) is 77.2 Å². The van der Waals surface area contributed by atoms with Gasteiger partial charge in [0.25, 0.3) is 0 Å². The number of hydrogen-bond acceptors (Lipinski definition) is 7. The summed E-state index contributed by atoms with van der Waals surface area (Å²) in [4.78, 5) is 23.3. The minimum Gasteiger partial charge on any atom is -0.375 e. The summed E-state index contributed by atoms with van der Waals surface area (Å²) in [6, 6.07) is 0.491. The van der Waals surface area contributed by atoms with E-state index in [2.05, 4.69) is 57.2 Å². The third-order valence-electron chi connectivity index (χ3n) is 8.43. The fraction of sp³-hybridized carbons (Fsp3) is 0.655. The van der Waals surface area contributed by atoms with Gasteiger partial charge in [-0.3, -0.25) is 9.98 Å². The maximum absolute atomic E-state index is 4.90. The van der Waals surface area contributed by atoms with Crippen molar-refractivity contribution in [3.05, 3.63) is 34.9 Å². The van der Waals surface area contributed by atoms with Crippen LogP contribution in [-0.4, -0.2) is 67.1 Å². The average molecular weight is 490 g/mol. The Balaban J connectivity index is 1.22. The van der Waals surface area contributed by atoms with Crippen LogP contribution in [0, 0.1) is 11.8 Å². The van der Waals surface area contributed by atoms with Gasteiger partial charge in [0, 0.05) is 68.5 Å². The van der Waals surface area contributed by atoms with Crippen molar-refractivity contribution in [3.8, 4) is 0 Å². The summed E-state index contributed by atoms with van der Waals surface area (Å²) in [7, 11) is 4.11. The molecule has 2 fully saturated rings. The van der Waals surface area contributed by atoms with Crippen LogP contribution in [0.1, 0.15) is 70.3 Å². The molecular formula is C29H43N7. The third kappa shape index (κ3) is 5.65. The lowest BCUT2D eigenvalue weighted by Crippen LogP contribution is -2.33. The number of nitrogens with one attached hydrogen (secondary N) is 1. The highest BCUT2D eigenvalue weighted by Gasteiger charge is 2.31. The monoisotopic (exact) mass is 489 g/mol. The maximum atomic E-state index is 4.90. The first-order chi connectivity index (χ1) is 17.6. The minimum atomic E-state index is 0.491. The molecule has 194 valence electrons. The summed E-state index contributed by atoms with van der Waals surface area (Å²) < 4.78 is 0. The highest BCUT2D eigenvalue weighted by molar-refractivity contribution is 6.16. The molecule has 2 aliphatic carbocycles. The molecule has 0 bridgehead atoms. The summed E-state index contributed by atoms with van der Waals surface area (Å²) in [5.74, 6) is 3.32. The second-order valence-electron chi connectivity index (χ2n) is 11.1. The van der Waals surface area contributed by atoms with Crippen LogP contribution in [0.2, 0.25) is 0 Å². The van der Waals surface area contributed by atoms with Crippen LogP contribution < -0.4 is 10.2 Å². The van der Waals surface area contributed by atoms with E-state index in [1.54, 1.807) is 6.33 Å². The van der Waals surface area contributed by atoms with E-state index >= 15 is 0 Å². The summed E-state index contributed by atoms with van der Waals surface area (Å²) >= 11 is 0. The number of piperidine rings is 1. The van der Waals surface area contributed by atoms with Crippen LogP contribution in [0.5, 0.6) is 0 Å². The van der Waals surface area contributed by atoms with E-state index in [0.29, 0.717) is 12.0 Å². The fourth-order valence-corrected chi connectivity index (χ4v) is 6.55. The summed E-state index contributed by atoms with van der Waals surface area (Å²) in [5.41, 5.74) is 5.41. The number of hydrogen-bond donors (Lipinski definition) is 1. The zero-order chi connectivity index (χ0) is 24.9. The van der Waals surface area contributed by atoms with Crippen molar-refractivity contribution in [1.29, 1.82) is 0 Å². The standard InChI is InChI=1S/C29H43N7/c1-4-26-28(32-20-33-29(26)35(2)3)34-24-10-8-21(9-11-24)16-22-17-25(36-14-6-5-7-15-36)18-23-19-30-12-13-31-27(22)23/h12-13,18,20-22,24H,4-11,14-17,19H2,1-3H3,(H,32,33,34)/t21?,22-,24?/m1/s1. The normalized spacial score (nSPS) is 26.4. The van der Waals surface area contributed by atoms with Gasteiger partial charge in [0.2, 0.25) is 0 Å². The van der Waals surface area contributed by atoms with Gasteiger partial charge in [0.1, 0.15) is 18.0 Å². The predicted molar refractivity (Wildman–Crippen MR) is 150 cm³/mol. The number of anilines is 2. The average Bonchev–Trinajstić information content (AvgIpc) is 3.16. The van der Waals surface area contributed by atoms with Crippen molar-refractivity contribution >= 4 is 24.1 Å². The maximum Gasteiger partial charge on any atom is 0.136 e. The van der Waals surface area contributed by atoms with Crippen LogP contribution in [0.3, 0.4) is 0 Å². The Bertz CT molecular complexity index is 1020. The number of nitrogens with zero attached hydrogens (tertiary/aromatic N) is 6. The molecule has 2 aliphatic heterocycles. The molecule has 0 spiro atoms. The van der Waals surface area contributed by atoms with Crippen molar-refractivity contribution in [1.82, 2.24) is 14.9 Å². The van der Waals surface area contributed by atoms with Crippen LogP contribution >= 0.6 is 0 Å². The molecule has 1 N–H and O–H groups in total. The van der Waals surface area contributed by atoms with E-state index in [-0.39, 0.29) is 0 Å². The molecule has 3 heterocycles. The second-order valence-corrected chi connectivity index (χ2v) is 11.1. The van der Waals surface area contributed by atoms with Gasteiger partial charge >= 0.3 is 0 Å². The fourth-order valence-electron chi connectivity index (χ4n) is 6.55. The van der Waals surface area contributed by atoms with E-state index < -0.39 is 0 Å². The molecule has 36 heavy (non-hydrogen) atoms. The summed E-state index contributed by atoms with van der Waals surface area (Å²) in [6.07, 6.45) is 20.2. The molecule has 0 aromatic carbocycles. The van der Waals surface area contributed by atoms with Crippen molar-refractivity contribution in [2.75, 3.05) is 43.9 Å². The van der Waals surface area contributed by atoms with Gasteiger partial charge in [-0.05, 0) is 81.8 Å². The minimum absolute atomic E-state index is 0.491. The van der Waals surface area contributed by atoms with Crippen LogP contribution in [0.25, 0.3) is 0 Å². The molecule has 7 nitrogen and oxygen atoms in total. The zero-order valence-corrected chi connectivity index (χ0v) is 22.4. The van der Waals surface area contributed by atoms with Crippen LogP contribution in [0.4, 0.5) is 11.6 Å². The number of rotatable bonds is 7. The first-order valence-electron chi connectivity index (χ1n) is 14.1. The Hall–Kier alpha value is -2.70. The van der Waals surface area contributed by atoms with Crippen LogP contribution in [0.15, 0.2) is 39.4 Å². The molecular weight excluding hydrogens is 446 g/mol. The Morgan fingerprint density at radius 1 is 1.03 bits per heavy atom. The van der Waals surface area contributed by atoms with Gasteiger partial charge in [0.15, 0.2) is 0 Å². The number of aliphatic imine (C=N–C) groups is 2. The van der Waals surface area contributed by atoms with Gasteiger partial charge in [-0.2, -0.15) is 0 Å². The molecule has 0 unspecified atom stereocenters. The molecule has 1 atom stereocenters. The number of likely N-dealkylation sites (tertiary alicyclic amines) is 1. The van der Waals surface area contributed by atoms with Crippen molar-refractivity contribution in [3.63, 3.8) is 0 Å². The Kier molecular flexibility index (Phi) is 8.02. The highest BCUT2D eigenvalue weighted by atomic mass is 15.2. The molecule has 1 saturated carbocycles. The predicted octanol–water partition coefficient (Wildman–Crippen LogP) is 5.26. The number of aromatic nitrogens is 2. The Morgan fingerprint density at radius 2 is 1.83 bits per heavy atom. The van der Waals surface area contributed by atoms with Gasteiger partial charge in [0.05, 0.1) is 6.54 Å². The SMILES string of the molecule is CCc1c(NC2CCC(C[C@@H]3CC(N4CCCCC4)=CC4=C3N=CC=NC4)CC2)ncnc1N(C)C. The number of allylic oxidation sites excluding steroid dienone is 2. The van der Waals surface area contributed by atoms with Crippen molar-refractivity contribution in [2.24, 2.45) is 21.8 Å². The highest BCUT2D eigenvalue weighted by Crippen LogP contribution is 2.41. The molecule has 5 rings (SSSR count). The van der Waals surface area contributed by atoms with Gasteiger partial charge in [-0.25, -0.2) is 9.97 Å². The zero-order valence-electron chi connectivity index (χ0n) is 22.4. The van der Waals surface area contributed by atoms with E-state index in [1.807, 2.05) is 12.4 Å². The second kappa shape index (κ2) is 11.6. The molecule has 0 amide bonds. The van der Waals surface area contributed by atoms with E-state index in [0.717, 1.165) is 36.9 Å². The third-order valence-corrected chi connectivity index (χ3v) is 8.43. The Labute approximate surface area is 216 Å². The lowest BCUT2D eigenvalue weighted by atomic mass is 9.76. The lowest BCUT2D eigenvalue weighted by molar-refractivity contribution is 0.247. The van der Waals surface area contributed by atoms with Crippen LogP contribution in [-0.2, 0) is 6.42 Å². The van der Waals surface area contributed by atoms with E-state index in [4.69, 9.17) is 4.99 Å². The molecule has 1 aromatic rings. The van der Waals surface area contributed by atoms with Gasteiger partial charge in [-0.15, -0.1) is 0 Å². The van der Waals surface area contributed by atoms with Gasteiger partial charge in [-0.1, -0.05) is 6.92 Å². The molecule has 1 saturated heterocycles. The topological polar surface area (TPSA) is 69.0 Å². The van der Waals surface area contributed by atoms with E-state index in [1.165, 1.54) is 87.0 Å². The summed E-state index contributed by atoms with van der Waals surface area (Å²) in [6.45, 7) is 5.38. The molecule has 7 heteroatoms. The lowest BCUT2D eigenvalue weighted by Gasteiger charge is -2.38. The van der Waals surface area contributed by atoms with Crippen molar-refractivity contribution < 1.29 is 0 Å². The summed E-state index contributed by atoms with van der Waals surface area (Å²) in [5, 5.41) is 3.78. The first-order valence-corrected chi connectivity index (χ1v) is 14.1. The molecule has 0 radical (unpaired) electrons. The first kappa shape index (κ1) is 25.0. The molecule has 4 aliphatic rings. The Morgan fingerprint density at radius 3 is 2.58 bits per heavy atom. The largest absolute Gasteiger partial charge is 0.375 e. The quantitative estimate of drug-likeness (QED) is 0.565.